The normalized spacial score (nSPS) is 11.3. The van der Waals surface area contributed by atoms with Crippen LogP contribution in [0.25, 0.3) is 0 Å². The van der Waals surface area contributed by atoms with Crippen LogP contribution < -0.4 is 5.73 Å². The Hall–Kier alpha value is -1.84. The summed E-state index contributed by atoms with van der Waals surface area (Å²) < 4.78 is 0. The van der Waals surface area contributed by atoms with Crippen LogP contribution in [0.2, 0.25) is 0 Å². The molecule has 0 aliphatic heterocycles. The van der Waals surface area contributed by atoms with Crippen LogP contribution in [0.1, 0.15) is 38.2 Å². The highest BCUT2D eigenvalue weighted by Crippen LogP contribution is 2.03. The van der Waals surface area contributed by atoms with Crippen LogP contribution >= 0.6 is 0 Å². The number of carbonyl (C=O) groups excluding carboxylic acids is 1. The maximum Gasteiger partial charge on any atom is 0.271 e. The van der Waals surface area contributed by atoms with Crippen molar-refractivity contribution in [3.8, 4) is 0 Å². The van der Waals surface area contributed by atoms with Crippen molar-refractivity contribution in [2.45, 2.75) is 32.6 Å². The van der Waals surface area contributed by atoms with Crippen LogP contribution in [0.5, 0.6) is 0 Å². The van der Waals surface area contributed by atoms with Crippen LogP contribution in [0.4, 0.5) is 0 Å². The molecule has 0 radical (unpaired) electrons. The number of benzene rings is 1. The number of unbranched alkanes of at least 4 members (excludes halogenated alkanes) is 3. The van der Waals surface area contributed by atoms with Crippen molar-refractivity contribution in [1.82, 2.24) is 0 Å². The number of nitrogens with two attached hydrogens (primary N) is 1. The minimum Gasteiger partial charge on any atom is -0.395 e. The Kier molecular flexibility index (Phi) is 6.54. The smallest absolute Gasteiger partial charge is 0.271 e. The second-order valence-electron chi connectivity index (χ2n) is 4.06. The molecule has 98 valence electrons. The van der Waals surface area contributed by atoms with Crippen LogP contribution in [-0.4, -0.2) is 18.2 Å². The fourth-order valence-corrected chi connectivity index (χ4v) is 1.54. The molecule has 0 atom stereocenters. The number of rotatable bonds is 8. The van der Waals surface area contributed by atoms with Crippen molar-refractivity contribution in [3.05, 3.63) is 35.9 Å². The van der Waals surface area contributed by atoms with Gasteiger partial charge in [-0.25, -0.2) is 0 Å². The van der Waals surface area contributed by atoms with Crippen molar-refractivity contribution in [1.29, 1.82) is 0 Å². The predicted molar refractivity (Wildman–Crippen MR) is 72.3 cm³/mol. The van der Waals surface area contributed by atoms with Gasteiger partial charge in [-0.2, -0.15) is 0 Å². The van der Waals surface area contributed by atoms with E-state index in [-0.39, 0.29) is 5.71 Å². The predicted octanol–water partition coefficient (Wildman–Crippen LogP) is 2.47. The molecule has 0 heterocycles. The van der Waals surface area contributed by atoms with Crippen LogP contribution in [-0.2, 0) is 9.63 Å². The summed E-state index contributed by atoms with van der Waals surface area (Å²) in [6.45, 7) is 2.67. The van der Waals surface area contributed by atoms with E-state index >= 15 is 0 Å². The van der Waals surface area contributed by atoms with Gasteiger partial charge in [0.15, 0.2) is 5.71 Å². The molecule has 0 aliphatic rings. The van der Waals surface area contributed by atoms with Gasteiger partial charge in [-0.05, 0) is 12.8 Å². The highest BCUT2D eigenvalue weighted by atomic mass is 16.6. The minimum absolute atomic E-state index is 0.172. The lowest BCUT2D eigenvalue weighted by molar-refractivity contribution is -0.112. The summed E-state index contributed by atoms with van der Waals surface area (Å²) in [5, 5.41) is 3.83. The van der Waals surface area contributed by atoms with Gasteiger partial charge in [-0.15, -0.1) is 0 Å². The van der Waals surface area contributed by atoms with E-state index in [0.29, 0.717) is 12.2 Å². The van der Waals surface area contributed by atoms with Crippen molar-refractivity contribution in [2.24, 2.45) is 10.9 Å². The summed E-state index contributed by atoms with van der Waals surface area (Å²) in [4.78, 5) is 16.4. The molecule has 0 spiro atoms. The quantitative estimate of drug-likeness (QED) is 0.436. The van der Waals surface area contributed by atoms with E-state index < -0.39 is 5.91 Å². The zero-order chi connectivity index (χ0) is 13.2. The Balaban J connectivity index is 2.50. The van der Waals surface area contributed by atoms with Crippen LogP contribution in [0.3, 0.4) is 0 Å². The first-order valence-corrected chi connectivity index (χ1v) is 6.31. The largest absolute Gasteiger partial charge is 0.395 e. The maximum atomic E-state index is 11.3. The molecule has 1 aromatic carbocycles. The summed E-state index contributed by atoms with van der Waals surface area (Å²) in [5.74, 6) is -0.574. The van der Waals surface area contributed by atoms with E-state index in [0.717, 1.165) is 12.8 Å². The molecule has 2 N–H and O–H groups in total. The maximum absolute atomic E-state index is 11.3. The molecule has 1 aromatic rings. The number of hydrogen-bond acceptors (Lipinski definition) is 3. The van der Waals surface area contributed by atoms with E-state index in [9.17, 15) is 4.79 Å². The topological polar surface area (TPSA) is 64.7 Å². The summed E-state index contributed by atoms with van der Waals surface area (Å²) >= 11 is 0. The van der Waals surface area contributed by atoms with Gasteiger partial charge in [0.1, 0.15) is 6.61 Å². The fourth-order valence-electron chi connectivity index (χ4n) is 1.54. The third-order valence-electron chi connectivity index (χ3n) is 2.53. The Morgan fingerprint density at radius 1 is 1.22 bits per heavy atom. The molecule has 0 saturated carbocycles. The third-order valence-corrected chi connectivity index (χ3v) is 2.53. The molecule has 0 fully saturated rings. The molecular formula is C14H20N2O2. The second kappa shape index (κ2) is 8.28. The lowest BCUT2D eigenvalue weighted by Gasteiger charge is -2.03. The summed E-state index contributed by atoms with van der Waals surface area (Å²) in [7, 11) is 0. The van der Waals surface area contributed by atoms with Gasteiger partial charge in [0, 0.05) is 5.56 Å². The van der Waals surface area contributed by atoms with Crippen molar-refractivity contribution < 1.29 is 9.63 Å². The SMILES string of the molecule is CCCCCCO/N=C(\C(N)=O)c1ccccc1. The summed E-state index contributed by atoms with van der Waals surface area (Å²) in [6, 6.07) is 9.09. The molecule has 0 aliphatic carbocycles. The zero-order valence-electron chi connectivity index (χ0n) is 10.8. The first kappa shape index (κ1) is 14.2. The molecule has 0 bridgehead atoms. The number of hydrogen-bond donors (Lipinski definition) is 1. The Bertz CT molecular complexity index is 388. The molecular weight excluding hydrogens is 228 g/mol. The molecule has 0 saturated heterocycles. The number of primary amides is 1. The number of oxime groups is 1. The monoisotopic (exact) mass is 248 g/mol. The van der Waals surface area contributed by atoms with E-state index in [2.05, 4.69) is 12.1 Å². The zero-order valence-corrected chi connectivity index (χ0v) is 10.8. The molecule has 1 amide bonds. The number of amides is 1. The van der Waals surface area contributed by atoms with E-state index in [4.69, 9.17) is 10.6 Å². The van der Waals surface area contributed by atoms with Gasteiger partial charge in [0.25, 0.3) is 5.91 Å². The van der Waals surface area contributed by atoms with Gasteiger partial charge >= 0.3 is 0 Å². The van der Waals surface area contributed by atoms with Gasteiger partial charge in [0.2, 0.25) is 0 Å². The number of nitrogens with zero attached hydrogens (tertiary/aromatic N) is 1. The van der Waals surface area contributed by atoms with Crippen molar-refractivity contribution in [3.63, 3.8) is 0 Å². The van der Waals surface area contributed by atoms with Gasteiger partial charge in [0.05, 0.1) is 0 Å². The first-order valence-electron chi connectivity index (χ1n) is 6.31. The Morgan fingerprint density at radius 3 is 2.56 bits per heavy atom. The molecule has 18 heavy (non-hydrogen) atoms. The average molecular weight is 248 g/mol. The average Bonchev–Trinajstić information content (AvgIpc) is 2.38. The standard InChI is InChI=1S/C14H20N2O2/c1-2-3-4-8-11-18-16-13(14(15)17)12-9-6-5-7-10-12/h5-7,9-10H,2-4,8,11H2,1H3,(H2,15,17)/b16-13-. The summed E-state index contributed by atoms with van der Waals surface area (Å²) in [6.07, 6.45) is 4.43. The second-order valence-corrected chi connectivity index (χ2v) is 4.06. The third kappa shape index (κ3) is 4.99. The lowest BCUT2D eigenvalue weighted by atomic mass is 10.1. The fraction of sp³-hybridized carbons (Fsp3) is 0.429. The van der Waals surface area contributed by atoms with E-state index in [1.54, 1.807) is 12.1 Å². The summed E-state index contributed by atoms with van der Waals surface area (Å²) in [5.41, 5.74) is 6.13. The van der Waals surface area contributed by atoms with Gasteiger partial charge in [-0.3, -0.25) is 4.79 Å². The highest BCUT2D eigenvalue weighted by molar-refractivity contribution is 6.44. The molecule has 0 unspecified atom stereocenters. The first-order chi connectivity index (χ1) is 8.75. The highest BCUT2D eigenvalue weighted by Gasteiger charge is 2.10. The van der Waals surface area contributed by atoms with Crippen LogP contribution in [0, 0.1) is 0 Å². The van der Waals surface area contributed by atoms with Gasteiger partial charge < -0.3 is 10.6 Å². The molecule has 4 nitrogen and oxygen atoms in total. The molecule has 4 heteroatoms. The van der Waals surface area contributed by atoms with Gasteiger partial charge in [-0.1, -0.05) is 55.3 Å². The number of carbonyl (C=O) groups is 1. The molecule has 0 aromatic heterocycles. The van der Waals surface area contributed by atoms with Crippen molar-refractivity contribution in [2.75, 3.05) is 6.61 Å². The van der Waals surface area contributed by atoms with Crippen molar-refractivity contribution >= 4 is 11.6 Å². The molecule has 1 rings (SSSR count). The Labute approximate surface area is 108 Å². The van der Waals surface area contributed by atoms with Crippen LogP contribution in [0.15, 0.2) is 35.5 Å². The minimum atomic E-state index is -0.574. The Morgan fingerprint density at radius 2 is 1.94 bits per heavy atom. The van der Waals surface area contributed by atoms with E-state index in [1.807, 2.05) is 18.2 Å². The lowest BCUT2D eigenvalue weighted by Crippen LogP contribution is -2.24. The van der Waals surface area contributed by atoms with E-state index in [1.165, 1.54) is 12.8 Å².